The van der Waals surface area contributed by atoms with E-state index < -0.39 is 22.8 Å². The van der Waals surface area contributed by atoms with Crippen LogP contribution in [0.2, 0.25) is 0 Å². The van der Waals surface area contributed by atoms with E-state index in [1.807, 2.05) is 18.2 Å². The molecule has 8 heteroatoms. The molecule has 3 N–H and O–H groups in total. The van der Waals surface area contributed by atoms with Gasteiger partial charge in [0.25, 0.3) is 5.91 Å². The van der Waals surface area contributed by atoms with Crippen LogP contribution in [-0.4, -0.2) is 30.9 Å². The predicted octanol–water partition coefficient (Wildman–Crippen LogP) is 0.664. The first-order chi connectivity index (χ1) is 11.1. The molecule has 2 heterocycles. The lowest BCUT2D eigenvalue weighted by atomic mass is 10.1. The van der Waals surface area contributed by atoms with Gasteiger partial charge in [0.05, 0.1) is 5.39 Å². The molecule has 116 valence electrons. The number of nitrogens with zero attached hydrogens (tertiary/aromatic N) is 3. The molecule has 0 bridgehead atoms. The molecule has 0 aliphatic rings. The van der Waals surface area contributed by atoms with E-state index in [1.54, 1.807) is 12.1 Å². The fourth-order valence-electron chi connectivity index (χ4n) is 2.17. The lowest BCUT2D eigenvalue weighted by Gasteiger charge is -2.10. The number of pyridine rings is 1. The van der Waals surface area contributed by atoms with Crippen molar-refractivity contribution in [2.45, 2.75) is 6.54 Å². The third kappa shape index (κ3) is 2.57. The predicted molar refractivity (Wildman–Crippen MR) is 80.3 cm³/mol. The number of nitrogens with one attached hydrogen (secondary N) is 1. The zero-order chi connectivity index (χ0) is 16.4. The van der Waals surface area contributed by atoms with Crippen molar-refractivity contribution in [3.63, 3.8) is 0 Å². The molecule has 0 atom stereocenters. The summed E-state index contributed by atoms with van der Waals surface area (Å²) in [5.74, 6) is -1.37. The number of amides is 1. The van der Waals surface area contributed by atoms with Gasteiger partial charge in [0.1, 0.15) is 12.1 Å². The molecule has 8 nitrogen and oxygen atoms in total. The highest BCUT2D eigenvalue weighted by Gasteiger charge is 2.22. The van der Waals surface area contributed by atoms with Gasteiger partial charge in [-0.3, -0.25) is 9.59 Å². The first-order valence-corrected chi connectivity index (χ1v) is 6.68. The van der Waals surface area contributed by atoms with E-state index in [9.17, 15) is 19.9 Å². The molecule has 23 heavy (non-hydrogen) atoms. The molecule has 3 aromatic rings. The summed E-state index contributed by atoms with van der Waals surface area (Å²) in [5, 5.41) is 22.5. The second-order valence-corrected chi connectivity index (χ2v) is 4.77. The van der Waals surface area contributed by atoms with E-state index in [0.717, 1.165) is 11.9 Å². The van der Waals surface area contributed by atoms with Gasteiger partial charge < -0.3 is 15.6 Å². The Morgan fingerprint density at radius 2 is 2.00 bits per heavy atom. The van der Waals surface area contributed by atoms with Crippen LogP contribution in [-0.2, 0) is 6.54 Å². The molecule has 0 unspecified atom stereocenters. The van der Waals surface area contributed by atoms with Crippen molar-refractivity contribution in [3.05, 3.63) is 64.3 Å². The van der Waals surface area contributed by atoms with Gasteiger partial charge in [0.15, 0.2) is 11.2 Å². The van der Waals surface area contributed by atoms with Crippen molar-refractivity contribution in [3.8, 4) is 5.75 Å². The molecule has 1 amide bonds. The fraction of sp³-hybridized carbons (Fsp3) is 0.0667. The van der Waals surface area contributed by atoms with Gasteiger partial charge in [-0.1, -0.05) is 30.3 Å². The van der Waals surface area contributed by atoms with Crippen LogP contribution in [0.5, 0.6) is 5.75 Å². The fourth-order valence-corrected chi connectivity index (χ4v) is 2.17. The van der Waals surface area contributed by atoms with Gasteiger partial charge >= 0.3 is 5.56 Å². The number of benzene rings is 1. The molecule has 0 aliphatic heterocycles. The number of hydrogen-bond acceptors (Lipinski definition) is 6. The van der Waals surface area contributed by atoms with Gasteiger partial charge in [-0.25, -0.2) is 9.97 Å². The zero-order valence-electron chi connectivity index (χ0n) is 11.8. The number of carbonyl (C=O) groups is 1. The van der Waals surface area contributed by atoms with Crippen LogP contribution in [0.25, 0.3) is 11.0 Å². The highest BCUT2D eigenvalue weighted by molar-refractivity contribution is 6.01. The van der Waals surface area contributed by atoms with Crippen molar-refractivity contribution in [1.29, 1.82) is 0 Å². The molecule has 3 rings (SSSR count). The first kappa shape index (κ1) is 14.5. The number of aromatic nitrogens is 3. The lowest BCUT2D eigenvalue weighted by Crippen LogP contribution is -2.32. The van der Waals surface area contributed by atoms with Crippen LogP contribution < -0.4 is 10.9 Å². The van der Waals surface area contributed by atoms with Crippen LogP contribution in [0.1, 0.15) is 15.9 Å². The minimum atomic E-state index is -1.06. The Kier molecular flexibility index (Phi) is 3.63. The quantitative estimate of drug-likeness (QED) is 0.612. The van der Waals surface area contributed by atoms with Crippen LogP contribution >= 0.6 is 0 Å². The van der Waals surface area contributed by atoms with E-state index in [4.69, 9.17) is 0 Å². The maximum Gasteiger partial charge on any atom is 0.301 e. The Balaban J connectivity index is 1.99. The van der Waals surface area contributed by atoms with Crippen molar-refractivity contribution in [2.75, 3.05) is 0 Å². The van der Waals surface area contributed by atoms with E-state index in [1.165, 1.54) is 6.20 Å². The maximum atomic E-state index is 12.2. The Labute approximate surface area is 129 Å². The number of carbonyl (C=O) groups excluding carboxylic acids is 1. The van der Waals surface area contributed by atoms with E-state index in [-0.39, 0.29) is 22.3 Å². The average Bonchev–Trinajstić information content (AvgIpc) is 2.59. The van der Waals surface area contributed by atoms with Gasteiger partial charge in [-0.15, -0.1) is 4.73 Å². The van der Waals surface area contributed by atoms with Crippen LogP contribution in [0.15, 0.2) is 47.7 Å². The highest BCUT2D eigenvalue weighted by atomic mass is 16.5. The zero-order valence-corrected chi connectivity index (χ0v) is 11.8. The Morgan fingerprint density at radius 1 is 1.26 bits per heavy atom. The second kappa shape index (κ2) is 5.76. The summed E-state index contributed by atoms with van der Waals surface area (Å²) in [5.41, 5.74) is -0.971. The molecular weight excluding hydrogens is 300 g/mol. The SMILES string of the molecule is O=C(NCc1ccccc1)c1c(O)c2cncnc2n(O)c1=O. The summed E-state index contributed by atoms with van der Waals surface area (Å²) in [4.78, 5) is 31.7. The molecule has 2 aromatic heterocycles. The number of hydrogen-bond donors (Lipinski definition) is 3. The van der Waals surface area contributed by atoms with Crippen molar-refractivity contribution in [2.24, 2.45) is 0 Å². The molecule has 0 saturated heterocycles. The average molecular weight is 312 g/mol. The maximum absolute atomic E-state index is 12.2. The van der Waals surface area contributed by atoms with Gasteiger partial charge in [-0.05, 0) is 5.56 Å². The molecule has 0 aliphatic carbocycles. The standard InChI is InChI=1S/C15H12N4O4/c20-12-10-7-16-8-18-13(10)19(23)15(22)11(12)14(21)17-6-9-4-2-1-3-5-9/h1-5,7-8,20,23H,6H2,(H,17,21). The smallest absolute Gasteiger partial charge is 0.301 e. The third-order valence-corrected chi connectivity index (χ3v) is 3.31. The van der Waals surface area contributed by atoms with Crippen molar-refractivity contribution >= 4 is 16.9 Å². The van der Waals surface area contributed by atoms with Crippen molar-refractivity contribution in [1.82, 2.24) is 20.0 Å². The Hall–Kier alpha value is -3.42. The number of fused-ring (bicyclic) bond motifs is 1. The third-order valence-electron chi connectivity index (χ3n) is 3.31. The summed E-state index contributed by atoms with van der Waals surface area (Å²) >= 11 is 0. The summed E-state index contributed by atoms with van der Waals surface area (Å²) in [7, 11) is 0. The molecule has 0 saturated carbocycles. The largest absolute Gasteiger partial charge is 0.506 e. The number of aromatic hydroxyl groups is 1. The number of rotatable bonds is 3. The van der Waals surface area contributed by atoms with Gasteiger partial charge in [0.2, 0.25) is 0 Å². The van der Waals surface area contributed by atoms with Crippen LogP contribution in [0, 0.1) is 0 Å². The monoisotopic (exact) mass is 312 g/mol. The molecule has 0 spiro atoms. The second-order valence-electron chi connectivity index (χ2n) is 4.77. The van der Waals surface area contributed by atoms with Gasteiger partial charge in [-0.2, -0.15) is 0 Å². The van der Waals surface area contributed by atoms with Crippen LogP contribution in [0.4, 0.5) is 0 Å². The Morgan fingerprint density at radius 3 is 2.74 bits per heavy atom. The van der Waals surface area contributed by atoms with E-state index in [0.29, 0.717) is 0 Å². The Bertz CT molecular complexity index is 937. The minimum Gasteiger partial charge on any atom is -0.506 e. The minimum absolute atomic E-state index is 0.000499. The topological polar surface area (TPSA) is 117 Å². The highest BCUT2D eigenvalue weighted by Crippen LogP contribution is 2.23. The summed E-state index contributed by atoms with van der Waals surface area (Å²) < 4.78 is 0.216. The van der Waals surface area contributed by atoms with E-state index in [2.05, 4.69) is 15.3 Å². The molecule has 0 radical (unpaired) electrons. The normalized spacial score (nSPS) is 10.6. The lowest BCUT2D eigenvalue weighted by molar-refractivity contribution is 0.0940. The first-order valence-electron chi connectivity index (χ1n) is 6.68. The van der Waals surface area contributed by atoms with E-state index >= 15 is 0 Å². The van der Waals surface area contributed by atoms with Gasteiger partial charge in [0, 0.05) is 12.7 Å². The summed E-state index contributed by atoms with van der Waals surface area (Å²) in [6.45, 7) is 0.174. The van der Waals surface area contributed by atoms with Crippen molar-refractivity contribution < 1.29 is 15.1 Å². The summed E-state index contributed by atoms with van der Waals surface area (Å²) in [6, 6.07) is 9.07. The van der Waals surface area contributed by atoms with Crippen LogP contribution in [0.3, 0.4) is 0 Å². The molecule has 1 aromatic carbocycles. The summed E-state index contributed by atoms with van der Waals surface area (Å²) in [6.07, 6.45) is 2.32. The molecular formula is C15H12N4O4. The molecule has 0 fully saturated rings.